The first kappa shape index (κ1) is 14.7. The lowest BCUT2D eigenvalue weighted by molar-refractivity contribution is 0.0753. The Balaban J connectivity index is 2.20. The van der Waals surface area contributed by atoms with E-state index >= 15 is 0 Å². The topological polar surface area (TPSA) is 73.4 Å². The number of likely N-dealkylation sites (tertiary alicyclic amines) is 1. The van der Waals surface area contributed by atoms with E-state index in [-0.39, 0.29) is 17.8 Å². The molecule has 0 aromatic carbocycles. The number of amidine groups is 1. The molecule has 0 spiro atoms. The van der Waals surface area contributed by atoms with Crippen molar-refractivity contribution >= 4 is 23.1 Å². The van der Waals surface area contributed by atoms with Gasteiger partial charge in [0.05, 0.1) is 4.88 Å². The molecule has 2 heterocycles. The van der Waals surface area contributed by atoms with Crippen molar-refractivity contribution in [3.8, 4) is 0 Å². The maximum absolute atomic E-state index is 12.6. The average Bonchev–Trinajstić information content (AvgIpc) is 2.95. The molecule has 0 radical (unpaired) electrons. The standard InChI is InChI=1S/C14H20N4OS/c1-17-8-5-11(6-9-17)18(13(16)4-7-15)14(19)12-3-2-10-20-12/h2-4,7,10-11,16H,5-6,8-9,15H2,1H3/b7-4-,16-13?. The van der Waals surface area contributed by atoms with E-state index in [4.69, 9.17) is 11.1 Å². The predicted molar refractivity (Wildman–Crippen MR) is 82.1 cm³/mol. The third kappa shape index (κ3) is 3.26. The Labute approximate surface area is 123 Å². The molecule has 1 amide bonds. The van der Waals surface area contributed by atoms with Crippen LogP contribution in [0.3, 0.4) is 0 Å². The molecule has 2 rings (SSSR count). The maximum atomic E-state index is 12.6. The zero-order valence-electron chi connectivity index (χ0n) is 11.6. The molecule has 0 atom stereocenters. The molecule has 5 nitrogen and oxygen atoms in total. The largest absolute Gasteiger partial charge is 0.404 e. The lowest BCUT2D eigenvalue weighted by atomic mass is 10.0. The van der Waals surface area contributed by atoms with Gasteiger partial charge in [0.15, 0.2) is 0 Å². The van der Waals surface area contributed by atoms with Gasteiger partial charge in [-0.1, -0.05) is 6.07 Å². The van der Waals surface area contributed by atoms with Crippen LogP contribution in [0.2, 0.25) is 0 Å². The Morgan fingerprint density at radius 1 is 1.55 bits per heavy atom. The molecule has 1 aromatic heterocycles. The van der Waals surface area contributed by atoms with Crippen LogP contribution in [0.1, 0.15) is 22.5 Å². The number of nitrogens with zero attached hydrogens (tertiary/aromatic N) is 2. The molecule has 0 aliphatic carbocycles. The van der Waals surface area contributed by atoms with Crippen LogP contribution >= 0.6 is 11.3 Å². The Morgan fingerprint density at radius 2 is 2.25 bits per heavy atom. The number of rotatable bonds is 3. The van der Waals surface area contributed by atoms with Gasteiger partial charge in [-0.05, 0) is 56.7 Å². The van der Waals surface area contributed by atoms with Crippen LogP contribution in [-0.4, -0.2) is 47.7 Å². The van der Waals surface area contributed by atoms with Gasteiger partial charge in [-0.15, -0.1) is 11.3 Å². The smallest absolute Gasteiger partial charge is 0.269 e. The van der Waals surface area contributed by atoms with Gasteiger partial charge >= 0.3 is 0 Å². The van der Waals surface area contributed by atoms with Gasteiger partial charge < -0.3 is 10.6 Å². The highest BCUT2D eigenvalue weighted by Gasteiger charge is 2.30. The van der Waals surface area contributed by atoms with E-state index in [9.17, 15) is 4.79 Å². The maximum Gasteiger partial charge on any atom is 0.269 e. The van der Waals surface area contributed by atoms with Crippen LogP contribution < -0.4 is 5.73 Å². The van der Waals surface area contributed by atoms with Crippen molar-refractivity contribution in [3.63, 3.8) is 0 Å². The van der Waals surface area contributed by atoms with Crippen LogP contribution in [0.15, 0.2) is 29.8 Å². The molecule has 1 saturated heterocycles. The fourth-order valence-electron chi connectivity index (χ4n) is 2.42. The molecule has 0 saturated carbocycles. The van der Waals surface area contributed by atoms with E-state index in [1.165, 1.54) is 23.6 Å². The normalized spacial score (nSPS) is 17.4. The van der Waals surface area contributed by atoms with Crippen molar-refractivity contribution in [2.75, 3.05) is 20.1 Å². The second-order valence-corrected chi connectivity index (χ2v) is 5.88. The van der Waals surface area contributed by atoms with E-state index in [1.807, 2.05) is 11.4 Å². The average molecular weight is 292 g/mol. The number of thiophene rings is 1. The SMILES string of the molecule is CN1CCC(N(C(=N)/C=C\N)C(=O)c2cccs2)CC1. The molecular weight excluding hydrogens is 272 g/mol. The minimum absolute atomic E-state index is 0.0736. The second kappa shape index (κ2) is 6.67. The number of carbonyl (C=O) groups excluding carboxylic acids is 1. The summed E-state index contributed by atoms with van der Waals surface area (Å²) in [5, 5.41) is 9.97. The Hall–Kier alpha value is -1.66. The van der Waals surface area contributed by atoms with Gasteiger partial charge in [0.25, 0.3) is 5.91 Å². The van der Waals surface area contributed by atoms with Crippen LogP contribution in [-0.2, 0) is 0 Å². The summed E-state index contributed by atoms with van der Waals surface area (Å²) in [6, 6.07) is 3.73. The van der Waals surface area contributed by atoms with Crippen LogP contribution in [0, 0.1) is 5.41 Å². The lowest BCUT2D eigenvalue weighted by Gasteiger charge is -2.36. The Kier molecular flexibility index (Phi) is 4.92. The number of nitrogens with one attached hydrogen (secondary N) is 1. The van der Waals surface area contributed by atoms with Crippen molar-refractivity contribution in [1.82, 2.24) is 9.80 Å². The zero-order valence-corrected chi connectivity index (χ0v) is 12.4. The third-order valence-electron chi connectivity index (χ3n) is 3.52. The van der Waals surface area contributed by atoms with Gasteiger partial charge in [-0.25, -0.2) is 0 Å². The number of nitrogens with two attached hydrogens (primary N) is 1. The summed E-state index contributed by atoms with van der Waals surface area (Å²) >= 11 is 1.41. The van der Waals surface area contributed by atoms with Crippen molar-refractivity contribution in [3.05, 3.63) is 34.7 Å². The molecule has 3 N–H and O–H groups in total. The summed E-state index contributed by atoms with van der Waals surface area (Å²) in [4.78, 5) is 17.1. The van der Waals surface area contributed by atoms with Crippen LogP contribution in [0.25, 0.3) is 0 Å². The zero-order chi connectivity index (χ0) is 14.5. The molecule has 1 aromatic rings. The van der Waals surface area contributed by atoms with E-state index in [0.717, 1.165) is 25.9 Å². The monoisotopic (exact) mass is 292 g/mol. The van der Waals surface area contributed by atoms with Gasteiger partial charge in [0, 0.05) is 6.04 Å². The molecule has 1 aliphatic heterocycles. The van der Waals surface area contributed by atoms with E-state index in [0.29, 0.717) is 4.88 Å². The predicted octanol–water partition coefficient (Wildman–Crippen LogP) is 1.73. The highest BCUT2D eigenvalue weighted by Crippen LogP contribution is 2.21. The van der Waals surface area contributed by atoms with Crippen LogP contribution in [0.4, 0.5) is 0 Å². The van der Waals surface area contributed by atoms with Crippen molar-refractivity contribution in [2.45, 2.75) is 18.9 Å². The minimum atomic E-state index is -0.0994. The molecule has 0 bridgehead atoms. The summed E-state index contributed by atoms with van der Waals surface area (Å²) in [7, 11) is 2.08. The van der Waals surface area contributed by atoms with Crippen molar-refractivity contribution < 1.29 is 4.79 Å². The molecular formula is C14H20N4OS. The lowest BCUT2D eigenvalue weighted by Crippen LogP contribution is -2.48. The molecule has 0 unspecified atom stereocenters. The number of carbonyl (C=O) groups is 1. The van der Waals surface area contributed by atoms with E-state index in [2.05, 4.69) is 11.9 Å². The van der Waals surface area contributed by atoms with Crippen LogP contribution in [0.5, 0.6) is 0 Å². The summed E-state index contributed by atoms with van der Waals surface area (Å²) in [5.41, 5.74) is 5.37. The number of piperidine rings is 1. The summed E-state index contributed by atoms with van der Waals surface area (Å²) in [6.07, 6.45) is 4.55. The molecule has 6 heteroatoms. The highest BCUT2D eigenvalue weighted by atomic mass is 32.1. The first-order valence-corrected chi connectivity index (χ1v) is 7.54. The quantitative estimate of drug-likeness (QED) is 0.658. The van der Waals surface area contributed by atoms with Gasteiger partial charge in [0.2, 0.25) is 0 Å². The van der Waals surface area contributed by atoms with Gasteiger partial charge in [0.1, 0.15) is 5.84 Å². The third-order valence-corrected chi connectivity index (χ3v) is 4.38. The second-order valence-electron chi connectivity index (χ2n) is 4.93. The van der Waals surface area contributed by atoms with E-state index < -0.39 is 0 Å². The number of hydrogen-bond donors (Lipinski definition) is 2. The van der Waals surface area contributed by atoms with Gasteiger partial charge in [-0.3, -0.25) is 15.1 Å². The number of amides is 1. The van der Waals surface area contributed by atoms with Crippen molar-refractivity contribution in [2.24, 2.45) is 5.73 Å². The highest BCUT2D eigenvalue weighted by molar-refractivity contribution is 7.12. The first-order chi connectivity index (χ1) is 9.63. The summed E-state index contributed by atoms with van der Waals surface area (Å²) < 4.78 is 0. The van der Waals surface area contributed by atoms with Crippen molar-refractivity contribution in [1.29, 1.82) is 5.41 Å². The molecule has 108 valence electrons. The summed E-state index contributed by atoms with van der Waals surface area (Å²) in [6.45, 7) is 1.89. The van der Waals surface area contributed by atoms with E-state index in [1.54, 1.807) is 11.0 Å². The first-order valence-electron chi connectivity index (χ1n) is 6.66. The Morgan fingerprint density at radius 3 is 2.80 bits per heavy atom. The molecule has 1 aliphatic rings. The fourth-order valence-corrected chi connectivity index (χ4v) is 3.08. The molecule has 1 fully saturated rings. The number of hydrogen-bond acceptors (Lipinski definition) is 5. The minimum Gasteiger partial charge on any atom is -0.404 e. The fraction of sp³-hybridized carbons (Fsp3) is 0.429. The summed E-state index contributed by atoms with van der Waals surface area (Å²) in [5.74, 6) is 0.0677. The molecule has 20 heavy (non-hydrogen) atoms. The van der Waals surface area contributed by atoms with Gasteiger partial charge in [-0.2, -0.15) is 0 Å². The Bertz CT molecular complexity index is 489.